The zero-order chi connectivity index (χ0) is 15.2. The Morgan fingerprint density at radius 3 is 2.86 bits per heavy atom. The van der Waals surface area contributed by atoms with Crippen molar-refractivity contribution < 1.29 is 9.59 Å². The zero-order valence-electron chi connectivity index (χ0n) is 12.3. The fraction of sp³-hybridized carbons (Fsp3) is 0.533. The third kappa shape index (κ3) is 5.21. The van der Waals surface area contributed by atoms with E-state index >= 15 is 0 Å². The third-order valence-corrected chi connectivity index (χ3v) is 3.73. The molecule has 2 rings (SSSR count). The number of nitrogen functional groups attached to an aromatic ring is 1. The summed E-state index contributed by atoms with van der Waals surface area (Å²) in [4.78, 5) is 27.2. The molecule has 2 unspecified atom stereocenters. The number of ketones is 1. The third-order valence-electron chi connectivity index (χ3n) is 3.73. The van der Waals surface area contributed by atoms with Crippen LogP contribution in [0.25, 0.3) is 0 Å². The van der Waals surface area contributed by atoms with Gasteiger partial charge in [0.1, 0.15) is 18.9 Å². The number of nitrogens with two attached hydrogens (primary N) is 1. The van der Waals surface area contributed by atoms with Crippen LogP contribution in [0.1, 0.15) is 31.9 Å². The number of pyridine rings is 1. The number of carbonyl (C=O) groups excluding carboxylic acids is 2. The standard InChI is InChI=1S/C15H21BN3O2/c1-10(20)7-11-5-6-13(16-9-11)19-15(21)8-12-3-2-4-14(17)18-12/h2-4,11,13H,5-9H2,1H3,(H2,17,18)(H,19,21). The molecular formula is C15H21BN3O2. The first kappa shape index (κ1) is 15.5. The summed E-state index contributed by atoms with van der Waals surface area (Å²) >= 11 is 0. The molecule has 5 nitrogen and oxygen atoms in total. The van der Waals surface area contributed by atoms with E-state index in [1.165, 1.54) is 0 Å². The summed E-state index contributed by atoms with van der Waals surface area (Å²) in [5, 5.41) is 3.00. The minimum Gasteiger partial charge on any atom is -0.384 e. The molecule has 1 aliphatic rings. The number of nitrogens with zero attached hydrogens (tertiary/aromatic N) is 1. The molecule has 0 saturated carbocycles. The number of Topliss-reactive ketones (excluding diaryl/α,β-unsaturated/α-hetero) is 1. The number of hydrogen-bond donors (Lipinski definition) is 2. The average molecular weight is 286 g/mol. The number of carbonyl (C=O) groups is 2. The molecule has 3 N–H and O–H groups in total. The molecule has 21 heavy (non-hydrogen) atoms. The molecule has 1 fully saturated rings. The molecule has 0 spiro atoms. The number of rotatable bonds is 5. The van der Waals surface area contributed by atoms with Crippen molar-refractivity contribution in [1.29, 1.82) is 0 Å². The lowest BCUT2D eigenvalue weighted by Gasteiger charge is -2.28. The molecule has 111 valence electrons. The fourth-order valence-corrected chi connectivity index (χ4v) is 2.75. The van der Waals surface area contributed by atoms with Gasteiger partial charge in [0, 0.05) is 6.42 Å². The lowest BCUT2D eigenvalue weighted by atomic mass is 9.56. The quantitative estimate of drug-likeness (QED) is 0.795. The van der Waals surface area contributed by atoms with Gasteiger partial charge in [-0.3, -0.25) is 4.79 Å². The van der Waals surface area contributed by atoms with Crippen LogP contribution in [0, 0.1) is 5.92 Å². The van der Waals surface area contributed by atoms with E-state index < -0.39 is 0 Å². The predicted octanol–water partition coefficient (Wildman–Crippen LogP) is 1.16. The van der Waals surface area contributed by atoms with E-state index in [4.69, 9.17) is 5.73 Å². The zero-order valence-corrected chi connectivity index (χ0v) is 12.3. The Bertz CT molecular complexity index is 513. The largest absolute Gasteiger partial charge is 0.384 e. The summed E-state index contributed by atoms with van der Waals surface area (Å²) in [6, 6.07) is 5.29. The fourth-order valence-electron chi connectivity index (χ4n) is 2.75. The number of amides is 1. The molecule has 2 heterocycles. The van der Waals surface area contributed by atoms with E-state index in [1.807, 2.05) is 0 Å². The number of anilines is 1. The van der Waals surface area contributed by atoms with Crippen LogP contribution >= 0.6 is 0 Å². The van der Waals surface area contributed by atoms with Crippen LogP contribution in [0.2, 0.25) is 6.32 Å². The lowest BCUT2D eigenvalue weighted by molar-refractivity contribution is -0.121. The molecule has 0 aliphatic carbocycles. The van der Waals surface area contributed by atoms with Gasteiger partial charge in [-0.15, -0.1) is 0 Å². The van der Waals surface area contributed by atoms with Gasteiger partial charge < -0.3 is 15.8 Å². The Labute approximate surface area is 125 Å². The van der Waals surface area contributed by atoms with E-state index in [0.717, 1.165) is 19.2 Å². The molecule has 0 bridgehead atoms. The Morgan fingerprint density at radius 1 is 1.43 bits per heavy atom. The van der Waals surface area contributed by atoms with Gasteiger partial charge >= 0.3 is 0 Å². The summed E-state index contributed by atoms with van der Waals surface area (Å²) < 4.78 is 0. The van der Waals surface area contributed by atoms with Crippen LogP contribution in [0.3, 0.4) is 0 Å². The lowest BCUT2D eigenvalue weighted by Crippen LogP contribution is -2.43. The number of hydrogen-bond acceptors (Lipinski definition) is 4. The van der Waals surface area contributed by atoms with E-state index in [9.17, 15) is 9.59 Å². The van der Waals surface area contributed by atoms with E-state index in [0.29, 0.717) is 23.9 Å². The highest BCUT2D eigenvalue weighted by Crippen LogP contribution is 2.23. The van der Waals surface area contributed by atoms with Crippen molar-refractivity contribution in [3.63, 3.8) is 0 Å². The Morgan fingerprint density at radius 2 is 2.24 bits per heavy atom. The second kappa shape index (κ2) is 7.25. The number of nitrogens with one attached hydrogen (secondary N) is 1. The van der Waals surface area contributed by atoms with Gasteiger partial charge in [0.2, 0.25) is 5.91 Å². The summed E-state index contributed by atoms with van der Waals surface area (Å²) in [5.74, 6) is 1.16. The summed E-state index contributed by atoms with van der Waals surface area (Å²) in [6.45, 7) is 1.63. The van der Waals surface area contributed by atoms with Gasteiger partial charge in [0.15, 0.2) is 0 Å². The molecule has 2 atom stereocenters. The molecule has 1 radical (unpaired) electrons. The van der Waals surface area contributed by atoms with Gasteiger partial charge in [0.25, 0.3) is 0 Å². The van der Waals surface area contributed by atoms with Crippen LogP contribution < -0.4 is 11.1 Å². The first-order chi connectivity index (χ1) is 10.0. The predicted molar refractivity (Wildman–Crippen MR) is 82.9 cm³/mol. The van der Waals surface area contributed by atoms with Gasteiger partial charge in [-0.1, -0.05) is 12.4 Å². The van der Waals surface area contributed by atoms with Crippen molar-refractivity contribution in [2.75, 3.05) is 5.73 Å². The van der Waals surface area contributed by atoms with Crippen molar-refractivity contribution in [2.24, 2.45) is 5.92 Å². The highest BCUT2D eigenvalue weighted by molar-refractivity contribution is 6.38. The van der Waals surface area contributed by atoms with E-state index in [-0.39, 0.29) is 24.1 Å². The highest BCUT2D eigenvalue weighted by Gasteiger charge is 2.24. The van der Waals surface area contributed by atoms with Gasteiger partial charge in [0.05, 0.1) is 12.1 Å². The molecule has 0 aromatic carbocycles. The Kier molecular flexibility index (Phi) is 5.36. The van der Waals surface area contributed by atoms with E-state index in [2.05, 4.69) is 17.6 Å². The Balaban J connectivity index is 1.75. The topological polar surface area (TPSA) is 85.1 Å². The van der Waals surface area contributed by atoms with Crippen molar-refractivity contribution >= 4 is 24.8 Å². The van der Waals surface area contributed by atoms with Gasteiger partial charge in [-0.05, 0) is 43.8 Å². The Hall–Kier alpha value is -1.85. The van der Waals surface area contributed by atoms with Crippen LogP contribution in [-0.4, -0.2) is 29.9 Å². The first-order valence-electron chi connectivity index (χ1n) is 7.36. The van der Waals surface area contributed by atoms with Crippen molar-refractivity contribution in [3.05, 3.63) is 23.9 Å². The van der Waals surface area contributed by atoms with Crippen molar-refractivity contribution in [2.45, 2.75) is 44.9 Å². The summed E-state index contributed by atoms with van der Waals surface area (Å²) in [7, 11) is 2.11. The van der Waals surface area contributed by atoms with E-state index in [1.54, 1.807) is 25.1 Å². The summed E-state index contributed by atoms with van der Waals surface area (Å²) in [5.41, 5.74) is 6.28. The van der Waals surface area contributed by atoms with Gasteiger partial charge in [-0.2, -0.15) is 0 Å². The van der Waals surface area contributed by atoms with Gasteiger partial charge in [-0.25, -0.2) is 4.98 Å². The molecule has 1 saturated heterocycles. The monoisotopic (exact) mass is 286 g/mol. The minimum atomic E-state index is -0.0423. The number of aromatic nitrogens is 1. The SMILES string of the molecule is CC(=O)CC1C[B]C(NC(=O)Cc2cccc(N)n2)CC1. The van der Waals surface area contributed by atoms with Crippen LogP contribution in [0.15, 0.2) is 18.2 Å². The molecule has 1 amide bonds. The maximum atomic E-state index is 12.0. The smallest absolute Gasteiger partial charge is 0.225 e. The molecule has 1 aromatic heterocycles. The maximum absolute atomic E-state index is 12.0. The van der Waals surface area contributed by atoms with Crippen LogP contribution in [0.4, 0.5) is 5.82 Å². The minimum absolute atomic E-state index is 0.0423. The van der Waals surface area contributed by atoms with Crippen LogP contribution in [0.5, 0.6) is 0 Å². The average Bonchev–Trinajstić information content (AvgIpc) is 2.40. The maximum Gasteiger partial charge on any atom is 0.225 e. The van der Waals surface area contributed by atoms with Crippen LogP contribution in [-0.2, 0) is 16.0 Å². The molecular weight excluding hydrogens is 265 g/mol. The second-order valence-corrected chi connectivity index (χ2v) is 5.73. The first-order valence-corrected chi connectivity index (χ1v) is 7.36. The normalized spacial score (nSPS) is 21.4. The summed E-state index contributed by atoms with van der Waals surface area (Å²) in [6.07, 6.45) is 3.66. The molecule has 1 aliphatic heterocycles. The van der Waals surface area contributed by atoms with Crippen molar-refractivity contribution in [3.8, 4) is 0 Å². The van der Waals surface area contributed by atoms with Crippen molar-refractivity contribution in [1.82, 2.24) is 10.3 Å². The molecule has 1 aromatic rings. The second-order valence-electron chi connectivity index (χ2n) is 5.73. The highest BCUT2D eigenvalue weighted by atomic mass is 16.1. The molecule has 6 heteroatoms.